The Balaban J connectivity index is 1.18. The van der Waals surface area contributed by atoms with Gasteiger partial charge in [-0.1, -0.05) is 48.5 Å². The van der Waals surface area contributed by atoms with Crippen molar-refractivity contribution in [3.05, 3.63) is 0 Å². The Hall–Kier alpha value is -1.01. The van der Waals surface area contributed by atoms with Crippen molar-refractivity contribution in [2.75, 3.05) is 28.4 Å². The molecule has 330 valence electrons. The summed E-state index contributed by atoms with van der Waals surface area (Å²) in [5.41, 5.74) is -1.25. The number of hydrogen-bond acceptors (Lipinski definition) is 14. The Bertz CT molecular complexity index is 1380. The maximum Gasteiger partial charge on any atom is 0.344 e. The third kappa shape index (κ3) is 8.11. The van der Waals surface area contributed by atoms with Crippen LogP contribution in [0.2, 0.25) is 0 Å². The molecular weight excluding hydrogens is 740 g/mol. The average Bonchev–Trinajstić information content (AvgIpc) is 3.85. The lowest BCUT2D eigenvalue weighted by Crippen LogP contribution is -2.60. The van der Waals surface area contributed by atoms with Gasteiger partial charge in [-0.05, 0) is 40.0 Å². The van der Waals surface area contributed by atoms with Crippen LogP contribution in [0.5, 0.6) is 0 Å². The molecule has 6 saturated heterocycles. The van der Waals surface area contributed by atoms with Crippen molar-refractivity contribution >= 4 is 5.97 Å². The van der Waals surface area contributed by atoms with Crippen molar-refractivity contribution in [1.82, 2.24) is 0 Å². The first-order valence-electron chi connectivity index (χ1n) is 21.5. The molecule has 6 unspecified atom stereocenters. The van der Waals surface area contributed by atoms with Crippen molar-refractivity contribution in [3.8, 4) is 0 Å². The van der Waals surface area contributed by atoms with Crippen molar-refractivity contribution in [2.45, 2.75) is 198 Å². The van der Waals surface area contributed by atoms with E-state index in [4.69, 9.17) is 52.6 Å². The molecule has 0 amide bonds. The summed E-state index contributed by atoms with van der Waals surface area (Å²) in [4.78, 5) is 16.2. The van der Waals surface area contributed by atoms with Gasteiger partial charge in [-0.25, -0.2) is 4.79 Å². The van der Waals surface area contributed by atoms with Gasteiger partial charge in [-0.15, -0.1) is 0 Å². The van der Waals surface area contributed by atoms with Gasteiger partial charge in [-0.2, -0.15) is 5.26 Å². The van der Waals surface area contributed by atoms with Crippen molar-refractivity contribution in [3.63, 3.8) is 0 Å². The first-order chi connectivity index (χ1) is 26.7. The first kappa shape index (κ1) is 45.5. The van der Waals surface area contributed by atoms with Gasteiger partial charge in [0.1, 0.15) is 6.10 Å². The molecule has 22 atom stereocenters. The van der Waals surface area contributed by atoms with E-state index in [0.717, 1.165) is 19.3 Å². The lowest BCUT2D eigenvalue weighted by Gasteiger charge is -2.52. The molecule has 0 aromatic heterocycles. The van der Waals surface area contributed by atoms with Gasteiger partial charge in [-0.3, -0.25) is 0 Å². The van der Waals surface area contributed by atoms with E-state index in [2.05, 4.69) is 53.4 Å². The Kier molecular flexibility index (Phi) is 13.6. The van der Waals surface area contributed by atoms with Crippen LogP contribution in [0, 0.1) is 41.4 Å². The zero-order valence-corrected chi connectivity index (χ0v) is 36.9. The van der Waals surface area contributed by atoms with E-state index in [1.807, 2.05) is 13.8 Å². The minimum absolute atomic E-state index is 0.00101. The second kappa shape index (κ2) is 17.0. The van der Waals surface area contributed by atoms with Crippen LogP contribution in [0.25, 0.3) is 0 Å². The Morgan fingerprint density at radius 3 is 2.00 bits per heavy atom. The van der Waals surface area contributed by atoms with E-state index >= 15 is 0 Å². The molecule has 14 heteroatoms. The van der Waals surface area contributed by atoms with Crippen molar-refractivity contribution in [1.29, 1.82) is 0 Å². The highest BCUT2D eigenvalue weighted by molar-refractivity contribution is 5.69. The summed E-state index contributed by atoms with van der Waals surface area (Å²) in [5.74, 6) is -3.48. The highest BCUT2D eigenvalue weighted by Crippen LogP contribution is 2.55. The maximum atomic E-state index is 12.2. The third-order valence-electron chi connectivity index (χ3n) is 15.8. The molecule has 0 bridgehead atoms. The van der Waals surface area contributed by atoms with Crippen LogP contribution in [0.4, 0.5) is 0 Å². The van der Waals surface area contributed by atoms with Crippen LogP contribution in [0.3, 0.4) is 0 Å². The van der Waals surface area contributed by atoms with Crippen LogP contribution in [-0.2, 0) is 57.1 Å². The van der Waals surface area contributed by atoms with Gasteiger partial charge in [0.15, 0.2) is 11.6 Å². The molecule has 0 aromatic carbocycles. The van der Waals surface area contributed by atoms with Gasteiger partial charge in [0.25, 0.3) is 0 Å². The summed E-state index contributed by atoms with van der Waals surface area (Å²) in [6.07, 6.45) is 0.252. The van der Waals surface area contributed by atoms with Gasteiger partial charge in [0.2, 0.25) is 0 Å². The quantitative estimate of drug-likeness (QED) is 0.198. The van der Waals surface area contributed by atoms with E-state index in [1.54, 1.807) is 35.4 Å². The predicted molar refractivity (Wildman–Crippen MR) is 207 cm³/mol. The standard InChI is InChI=1S/C43H74O14/c1-21-28(19-31(44)56-46)51-33(23(3)32(21)48-12)24(4)34-22(2)29(47-11)20-43(55-34)18-17-40(8,57-43)30-15-16-41(9,53-30)39-26(6)36(50-14)38(52-39)37-25(5)35(49-13)27(7)42(10,45)54-37/h21-30,32-39,45-46H,15-20H2,1-14H3/t21-,22-,23-,24+,25+,26+,27-,28-,29+,30?,32+,33?,34?,35+,36-,37?,38?,39?,40+,41+,42+,43-/m1/s1. The number of hydrogen-bond donors (Lipinski definition) is 2. The number of carbonyl (C=O) groups is 1. The van der Waals surface area contributed by atoms with Crippen LogP contribution < -0.4 is 0 Å². The highest BCUT2D eigenvalue weighted by atomic mass is 17.1. The molecule has 6 aliphatic rings. The smallest absolute Gasteiger partial charge is 0.344 e. The number of ether oxygens (including phenoxy) is 10. The lowest BCUT2D eigenvalue weighted by atomic mass is 9.73. The lowest BCUT2D eigenvalue weighted by molar-refractivity contribution is -0.341. The Morgan fingerprint density at radius 2 is 1.39 bits per heavy atom. The third-order valence-corrected chi connectivity index (χ3v) is 15.8. The summed E-state index contributed by atoms with van der Waals surface area (Å²) in [6, 6.07) is 0. The molecular formula is C43H74O14. The molecule has 6 aliphatic heterocycles. The molecule has 1 spiro atoms. The molecule has 0 aliphatic carbocycles. The Labute approximate surface area is 340 Å². The zero-order chi connectivity index (χ0) is 42.0. The van der Waals surface area contributed by atoms with Gasteiger partial charge >= 0.3 is 5.97 Å². The second-order valence-corrected chi connectivity index (χ2v) is 19.4. The van der Waals surface area contributed by atoms with Gasteiger partial charge < -0.3 is 57.4 Å². The molecule has 57 heavy (non-hydrogen) atoms. The summed E-state index contributed by atoms with van der Waals surface area (Å²) in [6.45, 7) is 20.6. The van der Waals surface area contributed by atoms with Gasteiger partial charge in [0.05, 0.1) is 78.7 Å². The maximum absolute atomic E-state index is 12.2. The molecule has 6 heterocycles. The number of rotatable bonds is 11. The van der Waals surface area contributed by atoms with E-state index in [0.29, 0.717) is 12.8 Å². The minimum atomic E-state index is -1.38. The number of methoxy groups -OCH3 is 4. The largest absolute Gasteiger partial charge is 0.381 e. The van der Waals surface area contributed by atoms with Crippen LogP contribution in [-0.4, -0.2) is 135 Å². The number of carbonyl (C=O) groups excluding carboxylic acids is 1. The molecule has 2 N–H and O–H groups in total. The fourth-order valence-corrected chi connectivity index (χ4v) is 12.3. The average molecular weight is 815 g/mol. The molecule has 6 fully saturated rings. The van der Waals surface area contributed by atoms with E-state index < -0.39 is 47.1 Å². The topological polar surface area (TPSA) is 159 Å². The zero-order valence-electron chi connectivity index (χ0n) is 36.9. The minimum Gasteiger partial charge on any atom is -0.381 e. The summed E-state index contributed by atoms with van der Waals surface area (Å²) in [7, 11) is 6.83. The molecule has 14 nitrogen and oxygen atoms in total. The van der Waals surface area contributed by atoms with Crippen LogP contribution >= 0.6 is 0 Å². The summed E-state index contributed by atoms with van der Waals surface area (Å²) in [5, 5.41) is 20.3. The van der Waals surface area contributed by atoms with Crippen molar-refractivity contribution in [2.24, 2.45) is 41.4 Å². The molecule has 6 rings (SSSR count). The van der Waals surface area contributed by atoms with E-state index in [-0.39, 0.29) is 96.7 Å². The molecule has 0 aromatic rings. The first-order valence-corrected chi connectivity index (χ1v) is 21.5. The summed E-state index contributed by atoms with van der Waals surface area (Å²) < 4.78 is 65.7. The Morgan fingerprint density at radius 1 is 0.719 bits per heavy atom. The SMILES string of the molecule is CO[C@H]1[C@H](C)C(C2OC([C@]3(C)CCC([C@]4(C)CC[C@]5(C[C@H](OC)[C@@H](C)C([C@@H](C)C6O[C@H](CC(=O)OO)[C@@H](C)[C@H](OC)[C@H]6C)O5)O4)O3)[C@@H](C)[C@H]2OC)O[C@](C)(O)[C@@H]1C. The monoisotopic (exact) mass is 815 g/mol. The van der Waals surface area contributed by atoms with E-state index in [1.165, 1.54) is 0 Å². The van der Waals surface area contributed by atoms with Crippen LogP contribution in [0.15, 0.2) is 0 Å². The van der Waals surface area contributed by atoms with Crippen molar-refractivity contribution < 1.29 is 67.4 Å². The van der Waals surface area contributed by atoms with Gasteiger partial charge in [0, 0.05) is 82.7 Å². The summed E-state index contributed by atoms with van der Waals surface area (Å²) >= 11 is 0. The normalized spacial score (nSPS) is 53.6. The second-order valence-electron chi connectivity index (χ2n) is 19.4. The van der Waals surface area contributed by atoms with Crippen LogP contribution in [0.1, 0.15) is 108 Å². The highest BCUT2D eigenvalue weighted by Gasteiger charge is 2.64. The van der Waals surface area contributed by atoms with E-state index in [9.17, 15) is 9.90 Å². The fraction of sp³-hybridized carbons (Fsp3) is 0.977. The number of aliphatic hydroxyl groups is 1. The molecule has 0 radical (unpaired) electrons. The fourth-order valence-electron chi connectivity index (χ4n) is 12.3. The predicted octanol–water partition coefficient (Wildman–Crippen LogP) is 5.54. The molecule has 0 saturated carbocycles.